The smallest absolute Gasteiger partial charge is 0.143 e. The van der Waals surface area contributed by atoms with Gasteiger partial charge in [0.15, 0.2) is 0 Å². The molecule has 7 heteroatoms. The van der Waals surface area contributed by atoms with Crippen LogP contribution < -0.4 is 4.74 Å². The van der Waals surface area contributed by atoms with Gasteiger partial charge in [-0.1, -0.05) is 12.1 Å². The topological polar surface area (TPSA) is 83.6 Å². The van der Waals surface area contributed by atoms with Crippen molar-refractivity contribution in [2.45, 2.75) is 50.8 Å². The van der Waals surface area contributed by atoms with Crippen LogP contribution in [-0.2, 0) is 13.1 Å². The van der Waals surface area contributed by atoms with Crippen LogP contribution in [0.15, 0.2) is 36.8 Å². The predicted molar refractivity (Wildman–Crippen MR) is 104 cm³/mol. The van der Waals surface area contributed by atoms with E-state index in [0.717, 1.165) is 35.6 Å². The number of benzene rings is 1. The van der Waals surface area contributed by atoms with E-state index in [2.05, 4.69) is 28.0 Å². The zero-order chi connectivity index (χ0) is 19.4. The second kappa shape index (κ2) is 6.55. The van der Waals surface area contributed by atoms with Gasteiger partial charge in [0.2, 0.25) is 0 Å². The molecule has 2 aliphatic rings. The zero-order valence-electron chi connectivity index (χ0n) is 16.0. The van der Waals surface area contributed by atoms with Crippen LogP contribution in [0.1, 0.15) is 29.3 Å². The molecule has 146 valence electrons. The van der Waals surface area contributed by atoms with Crippen molar-refractivity contribution < 1.29 is 14.9 Å². The fraction of sp³-hybridized carbons (Fsp3) is 0.429. The van der Waals surface area contributed by atoms with Crippen molar-refractivity contribution in [1.82, 2.24) is 19.4 Å². The second-order valence-electron chi connectivity index (χ2n) is 7.93. The molecule has 2 N–H and O–H groups in total. The summed E-state index contributed by atoms with van der Waals surface area (Å²) in [5.74, 6) is 0.800. The summed E-state index contributed by atoms with van der Waals surface area (Å²) in [6, 6.07) is 7.71. The normalized spacial score (nSPS) is 27.4. The second-order valence-corrected chi connectivity index (χ2v) is 7.93. The molecule has 0 bridgehead atoms. The molecule has 3 heterocycles. The Morgan fingerprint density at radius 2 is 1.96 bits per heavy atom. The Balaban J connectivity index is 1.43. The molecule has 1 aromatic carbocycles. The van der Waals surface area contributed by atoms with Gasteiger partial charge in [-0.3, -0.25) is 4.90 Å². The van der Waals surface area contributed by atoms with Gasteiger partial charge in [-0.25, -0.2) is 9.97 Å². The van der Waals surface area contributed by atoms with E-state index in [4.69, 9.17) is 4.74 Å². The fourth-order valence-electron chi connectivity index (χ4n) is 4.55. The number of rotatable bonds is 3. The summed E-state index contributed by atoms with van der Waals surface area (Å²) >= 11 is 0. The van der Waals surface area contributed by atoms with Crippen molar-refractivity contribution in [3.8, 4) is 5.75 Å². The quantitative estimate of drug-likeness (QED) is 0.721. The van der Waals surface area contributed by atoms with Gasteiger partial charge in [-0.15, -0.1) is 0 Å². The minimum absolute atomic E-state index is 0.300. The average molecular weight is 380 g/mol. The fourth-order valence-corrected chi connectivity index (χ4v) is 4.55. The Kier molecular flexibility index (Phi) is 4.12. The number of aliphatic hydroxyl groups excluding tert-OH is 2. The van der Waals surface area contributed by atoms with Gasteiger partial charge in [0.25, 0.3) is 0 Å². The molecule has 0 spiro atoms. The molecular formula is C21H24N4O3. The maximum Gasteiger partial charge on any atom is 0.143 e. The van der Waals surface area contributed by atoms with Crippen LogP contribution in [0, 0.1) is 6.92 Å². The number of hydrogen-bond donors (Lipinski definition) is 2. The maximum atomic E-state index is 10.7. The van der Waals surface area contributed by atoms with Crippen LogP contribution in [0.25, 0.3) is 11.0 Å². The maximum absolute atomic E-state index is 10.7. The van der Waals surface area contributed by atoms with E-state index in [0.29, 0.717) is 6.42 Å². The Labute approximate surface area is 163 Å². The van der Waals surface area contributed by atoms with Gasteiger partial charge in [0.05, 0.1) is 11.7 Å². The summed E-state index contributed by atoms with van der Waals surface area (Å²) in [4.78, 5) is 10.8. The van der Waals surface area contributed by atoms with Crippen LogP contribution in [0.2, 0.25) is 0 Å². The van der Waals surface area contributed by atoms with E-state index < -0.39 is 18.3 Å². The monoisotopic (exact) mass is 380 g/mol. The third-order valence-electron chi connectivity index (χ3n) is 6.04. The molecule has 0 amide bonds. The van der Waals surface area contributed by atoms with Crippen molar-refractivity contribution in [2.75, 3.05) is 7.05 Å². The highest BCUT2D eigenvalue weighted by molar-refractivity contribution is 5.78. The van der Waals surface area contributed by atoms with Crippen LogP contribution in [0.5, 0.6) is 5.75 Å². The van der Waals surface area contributed by atoms with Crippen molar-refractivity contribution in [3.05, 3.63) is 53.6 Å². The first kappa shape index (κ1) is 17.6. The Morgan fingerprint density at radius 1 is 1.11 bits per heavy atom. The lowest BCUT2D eigenvalue weighted by Crippen LogP contribution is -2.34. The number of aliphatic hydroxyl groups is 2. The average Bonchev–Trinajstić information content (AvgIpc) is 3.34. The Morgan fingerprint density at radius 3 is 2.82 bits per heavy atom. The molecule has 4 atom stereocenters. The summed E-state index contributed by atoms with van der Waals surface area (Å²) in [6.45, 7) is 3.67. The van der Waals surface area contributed by atoms with Crippen molar-refractivity contribution >= 4 is 11.0 Å². The molecule has 5 rings (SSSR count). The Hall–Kier alpha value is -2.48. The molecular weight excluding hydrogens is 356 g/mol. The third kappa shape index (κ3) is 2.70. The largest absolute Gasteiger partial charge is 0.487 e. The lowest BCUT2D eigenvalue weighted by atomic mass is 10.1. The van der Waals surface area contributed by atoms with E-state index >= 15 is 0 Å². The molecule has 2 aromatic heterocycles. The first-order valence-electron chi connectivity index (χ1n) is 9.63. The van der Waals surface area contributed by atoms with Gasteiger partial charge >= 0.3 is 0 Å². The minimum Gasteiger partial charge on any atom is -0.487 e. The predicted octanol–water partition coefficient (Wildman–Crippen LogP) is 1.80. The van der Waals surface area contributed by atoms with E-state index in [1.165, 1.54) is 17.5 Å². The summed E-state index contributed by atoms with van der Waals surface area (Å²) in [5, 5.41) is 22.4. The molecule has 1 aliphatic carbocycles. The standard InChI is InChI=1S/C21H24N4O3/c1-12-14-6-7-25(21(14)23-11-22-12)16-8-18(20(27)19(16)26)28-17-5-3-4-13-9-24(2)10-15(13)17/h3-7,11,16,18-20,26-27H,8-10H2,1-2H3/t16?,18-,19-,20+/m0/s1. The molecule has 1 fully saturated rings. The summed E-state index contributed by atoms with van der Waals surface area (Å²) < 4.78 is 8.17. The molecule has 0 saturated heterocycles. The molecule has 1 aliphatic heterocycles. The molecule has 28 heavy (non-hydrogen) atoms. The number of ether oxygens (including phenoxy) is 1. The van der Waals surface area contributed by atoms with E-state index in [1.807, 2.05) is 35.9 Å². The van der Waals surface area contributed by atoms with Gasteiger partial charge in [-0.05, 0) is 31.7 Å². The summed E-state index contributed by atoms with van der Waals surface area (Å²) in [6.07, 6.45) is 1.59. The number of aryl methyl sites for hydroxylation is 1. The lowest BCUT2D eigenvalue weighted by Gasteiger charge is -2.20. The van der Waals surface area contributed by atoms with Crippen LogP contribution in [0.4, 0.5) is 0 Å². The van der Waals surface area contributed by atoms with Gasteiger partial charge < -0.3 is 19.5 Å². The SMILES string of the molecule is Cc1ncnc2c1ccn2C1C[C@H](Oc2cccc3c2CN(C)C3)[C@@H](O)[C@H]1O. The van der Waals surface area contributed by atoms with Gasteiger partial charge in [0, 0.05) is 36.7 Å². The van der Waals surface area contributed by atoms with Gasteiger partial charge in [0.1, 0.15) is 36.0 Å². The third-order valence-corrected chi connectivity index (χ3v) is 6.04. The van der Waals surface area contributed by atoms with Crippen molar-refractivity contribution in [3.63, 3.8) is 0 Å². The Bertz CT molecular complexity index is 1030. The lowest BCUT2D eigenvalue weighted by molar-refractivity contribution is -0.0166. The van der Waals surface area contributed by atoms with E-state index in [9.17, 15) is 10.2 Å². The molecule has 0 radical (unpaired) electrons. The van der Waals surface area contributed by atoms with E-state index in [-0.39, 0.29) is 6.04 Å². The van der Waals surface area contributed by atoms with E-state index in [1.54, 1.807) is 0 Å². The molecule has 1 saturated carbocycles. The highest BCUT2D eigenvalue weighted by Crippen LogP contribution is 2.38. The van der Waals surface area contributed by atoms with Gasteiger partial charge in [-0.2, -0.15) is 0 Å². The first-order valence-corrected chi connectivity index (χ1v) is 9.63. The highest BCUT2D eigenvalue weighted by Gasteiger charge is 2.44. The molecule has 7 nitrogen and oxygen atoms in total. The molecule has 3 aromatic rings. The first-order chi connectivity index (χ1) is 13.5. The summed E-state index contributed by atoms with van der Waals surface area (Å²) in [5.41, 5.74) is 4.10. The van der Waals surface area contributed by atoms with Crippen molar-refractivity contribution in [1.29, 1.82) is 0 Å². The number of fused-ring (bicyclic) bond motifs is 2. The number of aromatic nitrogens is 3. The minimum atomic E-state index is -0.958. The van der Waals surface area contributed by atoms with Crippen molar-refractivity contribution in [2.24, 2.45) is 0 Å². The zero-order valence-corrected chi connectivity index (χ0v) is 16.0. The van der Waals surface area contributed by atoms with Crippen LogP contribution in [-0.4, -0.2) is 55.0 Å². The molecule has 1 unspecified atom stereocenters. The number of hydrogen-bond acceptors (Lipinski definition) is 6. The number of nitrogens with zero attached hydrogens (tertiary/aromatic N) is 4. The summed E-state index contributed by atoms with van der Waals surface area (Å²) in [7, 11) is 2.08. The van der Waals surface area contributed by atoms with Crippen LogP contribution in [0.3, 0.4) is 0 Å². The van der Waals surface area contributed by atoms with Crippen LogP contribution >= 0.6 is 0 Å². The highest BCUT2D eigenvalue weighted by atomic mass is 16.5.